The quantitative estimate of drug-likeness (QED) is 0.789. The maximum atomic E-state index is 12.8. The molecule has 27 heavy (non-hydrogen) atoms. The van der Waals surface area contributed by atoms with Crippen LogP contribution in [0, 0.1) is 13.8 Å². The molecule has 0 aliphatic carbocycles. The van der Waals surface area contributed by atoms with E-state index in [9.17, 15) is 9.59 Å². The first-order chi connectivity index (χ1) is 12.8. The van der Waals surface area contributed by atoms with Gasteiger partial charge in [-0.1, -0.05) is 41.4 Å². The summed E-state index contributed by atoms with van der Waals surface area (Å²) in [5.74, 6) is 0.165. The highest BCUT2D eigenvalue weighted by Gasteiger charge is 2.26. The highest BCUT2D eigenvalue weighted by molar-refractivity contribution is 6.30. The zero-order valence-electron chi connectivity index (χ0n) is 16.1. The molecule has 2 aromatic carbocycles. The Hall–Kier alpha value is -2.53. The zero-order chi connectivity index (χ0) is 20.0. The molecule has 1 atom stereocenters. The van der Waals surface area contributed by atoms with Gasteiger partial charge in [0.2, 0.25) is 5.91 Å². The Bertz CT molecular complexity index is 806. The fourth-order valence-electron chi connectivity index (χ4n) is 2.76. The van der Waals surface area contributed by atoms with E-state index in [1.54, 1.807) is 26.1 Å². The van der Waals surface area contributed by atoms with Crippen LogP contribution in [0.5, 0.6) is 5.75 Å². The van der Waals surface area contributed by atoms with Crippen molar-refractivity contribution in [1.82, 2.24) is 10.2 Å². The molecule has 2 aromatic rings. The Morgan fingerprint density at radius 1 is 1.15 bits per heavy atom. The number of hydrogen-bond donors (Lipinski definition) is 1. The van der Waals surface area contributed by atoms with Crippen LogP contribution in [0.15, 0.2) is 42.5 Å². The minimum absolute atomic E-state index is 0.140. The molecule has 0 saturated heterocycles. The van der Waals surface area contributed by atoms with Crippen LogP contribution in [0.25, 0.3) is 0 Å². The van der Waals surface area contributed by atoms with Crippen LogP contribution in [0.2, 0.25) is 5.02 Å². The van der Waals surface area contributed by atoms with Gasteiger partial charge in [-0.3, -0.25) is 9.59 Å². The topological polar surface area (TPSA) is 58.6 Å². The van der Waals surface area contributed by atoms with Crippen molar-refractivity contribution in [1.29, 1.82) is 0 Å². The van der Waals surface area contributed by atoms with Gasteiger partial charge < -0.3 is 15.0 Å². The third-order valence-corrected chi connectivity index (χ3v) is 4.61. The lowest BCUT2D eigenvalue weighted by Gasteiger charge is -2.28. The van der Waals surface area contributed by atoms with E-state index in [1.165, 1.54) is 4.90 Å². The van der Waals surface area contributed by atoms with E-state index in [0.29, 0.717) is 17.3 Å². The average molecular weight is 389 g/mol. The van der Waals surface area contributed by atoms with Crippen LogP contribution in [-0.4, -0.2) is 36.4 Å². The highest BCUT2D eigenvalue weighted by atomic mass is 35.5. The molecule has 0 fully saturated rings. The Morgan fingerprint density at radius 3 is 2.41 bits per heavy atom. The van der Waals surface area contributed by atoms with E-state index < -0.39 is 6.04 Å². The minimum Gasteiger partial charge on any atom is -0.483 e. The van der Waals surface area contributed by atoms with Gasteiger partial charge in [0.1, 0.15) is 11.8 Å². The average Bonchev–Trinajstić information content (AvgIpc) is 2.65. The molecule has 2 amide bonds. The molecule has 5 nitrogen and oxygen atoms in total. The molecule has 6 heteroatoms. The lowest BCUT2D eigenvalue weighted by Crippen LogP contribution is -2.48. The number of likely N-dealkylation sites (N-methyl/N-ethyl adjacent to an activating group) is 1. The molecule has 0 aliphatic heterocycles. The van der Waals surface area contributed by atoms with Gasteiger partial charge in [-0.05, 0) is 50.1 Å². The Kier molecular flexibility index (Phi) is 7.25. The molecular weight excluding hydrogens is 364 g/mol. The van der Waals surface area contributed by atoms with Gasteiger partial charge in [0.15, 0.2) is 6.61 Å². The number of halogens is 1. The molecule has 0 aliphatic rings. The standard InChI is InChI=1S/C21H25ClN2O3/c1-14-5-10-19(15(2)11-14)27-13-20(25)24(16(3)21(26)23-4)12-17-6-8-18(22)9-7-17/h5-11,16H,12-13H2,1-4H3,(H,23,26)/t16-/m0/s1. The van der Waals surface area contributed by atoms with Crippen molar-refractivity contribution >= 4 is 23.4 Å². The first kappa shape index (κ1) is 20.8. The van der Waals surface area contributed by atoms with Gasteiger partial charge in [-0.25, -0.2) is 0 Å². The van der Waals surface area contributed by atoms with Crippen molar-refractivity contribution in [2.45, 2.75) is 33.4 Å². The summed E-state index contributed by atoms with van der Waals surface area (Å²) in [5, 5.41) is 3.21. The second kappa shape index (κ2) is 9.42. The smallest absolute Gasteiger partial charge is 0.261 e. The molecule has 0 heterocycles. The van der Waals surface area contributed by atoms with Crippen molar-refractivity contribution in [2.24, 2.45) is 0 Å². The number of rotatable bonds is 7. The van der Waals surface area contributed by atoms with Gasteiger partial charge in [0.05, 0.1) is 0 Å². The maximum absolute atomic E-state index is 12.8. The van der Waals surface area contributed by atoms with E-state index in [4.69, 9.17) is 16.3 Å². The van der Waals surface area contributed by atoms with E-state index in [2.05, 4.69) is 5.32 Å². The largest absolute Gasteiger partial charge is 0.483 e. The zero-order valence-corrected chi connectivity index (χ0v) is 16.8. The Balaban J connectivity index is 2.14. The molecule has 2 rings (SSSR count). The predicted molar refractivity (Wildman–Crippen MR) is 107 cm³/mol. The number of carbonyl (C=O) groups excluding carboxylic acids is 2. The van der Waals surface area contributed by atoms with E-state index >= 15 is 0 Å². The number of nitrogens with one attached hydrogen (secondary N) is 1. The van der Waals surface area contributed by atoms with Gasteiger partial charge in [-0.2, -0.15) is 0 Å². The van der Waals surface area contributed by atoms with E-state index in [0.717, 1.165) is 16.7 Å². The summed E-state index contributed by atoms with van der Waals surface area (Å²) < 4.78 is 5.71. The molecule has 0 unspecified atom stereocenters. The molecule has 144 valence electrons. The van der Waals surface area contributed by atoms with Crippen molar-refractivity contribution in [3.63, 3.8) is 0 Å². The Morgan fingerprint density at radius 2 is 1.81 bits per heavy atom. The van der Waals surface area contributed by atoms with Gasteiger partial charge in [0.25, 0.3) is 5.91 Å². The van der Waals surface area contributed by atoms with Crippen LogP contribution in [0.4, 0.5) is 0 Å². The second-order valence-electron chi connectivity index (χ2n) is 6.50. The van der Waals surface area contributed by atoms with E-state index in [1.807, 2.05) is 44.2 Å². The number of ether oxygens (including phenoxy) is 1. The maximum Gasteiger partial charge on any atom is 0.261 e. The number of amides is 2. The monoisotopic (exact) mass is 388 g/mol. The van der Waals surface area contributed by atoms with Crippen molar-refractivity contribution in [3.05, 3.63) is 64.2 Å². The first-order valence-electron chi connectivity index (χ1n) is 8.77. The first-order valence-corrected chi connectivity index (χ1v) is 9.15. The molecule has 0 bridgehead atoms. The van der Waals surface area contributed by atoms with Crippen molar-refractivity contribution < 1.29 is 14.3 Å². The third kappa shape index (κ3) is 5.73. The van der Waals surface area contributed by atoms with Crippen LogP contribution in [-0.2, 0) is 16.1 Å². The summed E-state index contributed by atoms with van der Waals surface area (Å²) in [4.78, 5) is 26.4. The highest BCUT2D eigenvalue weighted by Crippen LogP contribution is 2.19. The number of benzene rings is 2. The van der Waals surface area contributed by atoms with Gasteiger partial charge in [0, 0.05) is 18.6 Å². The summed E-state index contributed by atoms with van der Waals surface area (Å²) in [6.07, 6.45) is 0. The number of nitrogens with zero attached hydrogens (tertiary/aromatic N) is 1. The lowest BCUT2D eigenvalue weighted by molar-refractivity contribution is -0.142. The van der Waals surface area contributed by atoms with Crippen molar-refractivity contribution in [2.75, 3.05) is 13.7 Å². The fourth-order valence-corrected chi connectivity index (χ4v) is 2.89. The number of aryl methyl sites for hydroxylation is 2. The SMILES string of the molecule is CNC(=O)[C@H](C)N(Cc1ccc(Cl)cc1)C(=O)COc1ccc(C)cc1C. The van der Waals surface area contributed by atoms with Gasteiger partial charge in [-0.15, -0.1) is 0 Å². The number of carbonyl (C=O) groups is 2. The van der Waals surface area contributed by atoms with Crippen LogP contribution in [0.1, 0.15) is 23.6 Å². The molecule has 0 spiro atoms. The van der Waals surface area contributed by atoms with Crippen LogP contribution < -0.4 is 10.1 Å². The van der Waals surface area contributed by atoms with Crippen LogP contribution >= 0.6 is 11.6 Å². The molecule has 0 aromatic heterocycles. The number of hydrogen-bond acceptors (Lipinski definition) is 3. The minimum atomic E-state index is -0.624. The third-order valence-electron chi connectivity index (χ3n) is 4.36. The molecule has 0 radical (unpaired) electrons. The lowest BCUT2D eigenvalue weighted by atomic mass is 10.1. The summed E-state index contributed by atoms with van der Waals surface area (Å²) in [6, 6.07) is 12.4. The van der Waals surface area contributed by atoms with Crippen molar-refractivity contribution in [3.8, 4) is 5.75 Å². The normalized spacial score (nSPS) is 11.6. The second-order valence-corrected chi connectivity index (χ2v) is 6.93. The summed E-state index contributed by atoms with van der Waals surface area (Å²) in [6.45, 7) is 5.79. The van der Waals surface area contributed by atoms with Crippen LogP contribution in [0.3, 0.4) is 0 Å². The summed E-state index contributed by atoms with van der Waals surface area (Å²) in [5.41, 5.74) is 2.98. The molecular formula is C21H25ClN2O3. The van der Waals surface area contributed by atoms with E-state index in [-0.39, 0.29) is 18.4 Å². The summed E-state index contributed by atoms with van der Waals surface area (Å²) in [7, 11) is 1.55. The summed E-state index contributed by atoms with van der Waals surface area (Å²) >= 11 is 5.92. The fraction of sp³-hybridized carbons (Fsp3) is 0.333. The van der Waals surface area contributed by atoms with Gasteiger partial charge >= 0.3 is 0 Å². The molecule has 0 saturated carbocycles. The molecule has 1 N–H and O–H groups in total. The Labute approximate surface area is 165 Å². The predicted octanol–water partition coefficient (Wildman–Crippen LogP) is 3.50.